The molecule has 1 aromatic carbocycles. The zero-order chi connectivity index (χ0) is 18.4. The second-order valence-corrected chi connectivity index (χ2v) is 6.63. The normalized spacial score (nSPS) is 17.1. The molecule has 136 valence electrons. The minimum absolute atomic E-state index is 0.110. The Morgan fingerprint density at radius 3 is 2.70 bits per heavy atom. The molecule has 0 bridgehead atoms. The summed E-state index contributed by atoms with van der Waals surface area (Å²) in [6.07, 6.45) is 7.92. The van der Waals surface area contributed by atoms with Crippen LogP contribution in [-0.4, -0.2) is 53.6 Å². The first kappa shape index (κ1) is 15.8. The Balaban J connectivity index is 1.50. The highest BCUT2D eigenvalue weighted by Gasteiger charge is 2.21. The van der Waals surface area contributed by atoms with Gasteiger partial charge in [0, 0.05) is 43.2 Å². The quantitative estimate of drug-likeness (QED) is 0.564. The van der Waals surface area contributed by atoms with E-state index >= 15 is 0 Å². The van der Waals surface area contributed by atoms with E-state index in [1.54, 1.807) is 24.5 Å². The molecule has 4 aromatic rings. The Bertz CT molecular complexity index is 1100. The summed E-state index contributed by atoms with van der Waals surface area (Å²) >= 11 is 0. The van der Waals surface area contributed by atoms with Crippen LogP contribution >= 0.6 is 0 Å². The molecule has 0 saturated carbocycles. The van der Waals surface area contributed by atoms with E-state index in [2.05, 4.69) is 25.1 Å². The summed E-state index contributed by atoms with van der Waals surface area (Å²) < 4.78 is 1.84. The molecule has 0 spiro atoms. The molecule has 9 heteroatoms. The number of aromatic hydroxyl groups is 1. The summed E-state index contributed by atoms with van der Waals surface area (Å²) in [4.78, 5) is 12.8. The smallest absolute Gasteiger partial charge is 0.236 e. The van der Waals surface area contributed by atoms with Crippen LogP contribution in [0.5, 0.6) is 5.75 Å². The summed E-state index contributed by atoms with van der Waals surface area (Å²) in [7, 11) is 0. The van der Waals surface area contributed by atoms with E-state index in [4.69, 9.17) is 5.73 Å². The van der Waals surface area contributed by atoms with Gasteiger partial charge in [0.2, 0.25) is 5.78 Å². The van der Waals surface area contributed by atoms with Crippen molar-refractivity contribution in [3.8, 4) is 22.7 Å². The van der Waals surface area contributed by atoms with Crippen LogP contribution in [0.3, 0.4) is 0 Å². The average molecular weight is 362 g/mol. The Hall–Kier alpha value is -3.46. The molecule has 27 heavy (non-hydrogen) atoms. The van der Waals surface area contributed by atoms with E-state index in [9.17, 15) is 5.11 Å². The largest absolute Gasteiger partial charge is 0.507 e. The van der Waals surface area contributed by atoms with E-state index in [-0.39, 0.29) is 11.8 Å². The molecular weight excluding hydrogens is 344 g/mol. The third kappa shape index (κ3) is 2.77. The lowest BCUT2D eigenvalue weighted by molar-refractivity contribution is 0.476. The number of hydrogen-bond donors (Lipinski definition) is 2. The number of rotatable bonds is 3. The van der Waals surface area contributed by atoms with Crippen LogP contribution in [0, 0.1) is 0 Å². The SMILES string of the molecule is N[C@H]1CCN(c2ccn3cc(-c4ccc(-n5nccn5)cc4O)nc3n2)C1. The van der Waals surface area contributed by atoms with Gasteiger partial charge in [0.25, 0.3) is 0 Å². The van der Waals surface area contributed by atoms with Crippen LogP contribution in [-0.2, 0) is 0 Å². The van der Waals surface area contributed by atoms with Crippen LogP contribution < -0.4 is 10.6 Å². The lowest BCUT2D eigenvalue weighted by Crippen LogP contribution is -2.26. The van der Waals surface area contributed by atoms with Crippen LogP contribution in [0.25, 0.3) is 22.7 Å². The Morgan fingerprint density at radius 2 is 1.96 bits per heavy atom. The lowest BCUT2D eigenvalue weighted by atomic mass is 10.1. The van der Waals surface area contributed by atoms with Gasteiger partial charge in [0.05, 0.1) is 23.8 Å². The lowest BCUT2D eigenvalue weighted by Gasteiger charge is -2.16. The summed E-state index contributed by atoms with van der Waals surface area (Å²) in [5, 5.41) is 18.6. The van der Waals surface area contributed by atoms with Crippen molar-refractivity contribution in [3.05, 3.63) is 49.1 Å². The highest BCUT2D eigenvalue weighted by Crippen LogP contribution is 2.30. The zero-order valence-corrected chi connectivity index (χ0v) is 14.5. The van der Waals surface area contributed by atoms with Gasteiger partial charge in [0.1, 0.15) is 11.6 Å². The number of hydrogen-bond acceptors (Lipinski definition) is 7. The summed E-state index contributed by atoms with van der Waals surface area (Å²) in [6, 6.07) is 7.41. The number of imidazole rings is 1. The average Bonchev–Trinajstić information content (AvgIpc) is 3.41. The molecule has 1 aliphatic rings. The van der Waals surface area contributed by atoms with Crippen molar-refractivity contribution in [2.75, 3.05) is 18.0 Å². The van der Waals surface area contributed by atoms with E-state index < -0.39 is 0 Å². The molecule has 1 atom stereocenters. The predicted molar refractivity (Wildman–Crippen MR) is 99.8 cm³/mol. The van der Waals surface area contributed by atoms with Gasteiger partial charge in [0.15, 0.2) is 0 Å². The number of phenols is 1. The van der Waals surface area contributed by atoms with Crippen LogP contribution in [0.15, 0.2) is 49.1 Å². The van der Waals surface area contributed by atoms with Crippen LogP contribution in [0.1, 0.15) is 6.42 Å². The maximum absolute atomic E-state index is 10.5. The first-order valence-corrected chi connectivity index (χ1v) is 8.74. The third-order valence-corrected chi connectivity index (χ3v) is 4.77. The monoisotopic (exact) mass is 362 g/mol. The van der Waals surface area contributed by atoms with E-state index in [1.165, 1.54) is 4.80 Å². The number of aromatic nitrogens is 6. The van der Waals surface area contributed by atoms with Crippen molar-refractivity contribution < 1.29 is 5.11 Å². The van der Waals surface area contributed by atoms with E-state index in [1.807, 2.05) is 28.9 Å². The second-order valence-electron chi connectivity index (χ2n) is 6.63. The van der Waals surface area contributed by atoms with Gasteiger partial charge in [-0.15, -0.1) is 0 Å². The maximum Gasteiger partial charge on any atom is 0.236 e. The molecular formula is C18H18N8O. The molecule has 3 aromatic heterocycles. The van der Waals surface area contributed by atoms with Crippen molar-refractivity contribution >= 4 is 11.6 Å². The number of nitrogens with two attached hydrogens (primary N) is 1. The zero-order valence-electron chi connectivity index (χ0n) is 14.5. The van der Waals surface area contributed by atoms with Crippen molar-refractivity contribution in [3.63, 3.8) is 0 Å². The van der Waals surface area contributed by atoms with Gasteiger partial charge in [-0.1, -0.05) is 0 Å². The highest BCUT2D eigenvalue weighted by molar-refractivity contribution is 5.70. The maximum atomic E-state index is 10.5. The number of nitrogens with zero attached hydrogens (tertiary/aromatic N) is 7. The Labute approximate surface area is 154 Å². The summed E-state index contributed by atoms with van der Waals surface area (Å²) in [5.74, 6) is 1.57. The van der Waals surface area contributed by atoms with Crippen molar-refractivity contribution in [2.24, 2.45) is 5.73 Å². The second kappa shape index (κ2) is 6.06. The third-order valence-electron chi connectivity index (χ3n) is 4.77. The van der Waals surface area contributed by atoms with Crippen LogP contribution in [0.4, 0.5) is 5.82 Å². The molecule has 0 radical (unpaired) electrons. The molecule has 5 rings (SSSR count). The number of anilines is 1. The minimum Gasteiger partial charge on any atom is -0.507 e. The van der Waals surface area contributed by atoms with Gasteiger partial charge in [-0.2, -0.15) is 20.0 Å². The predicted octanol–water partition coefficient (Wildman–Crippen LogP) is 1.22. The molecule has 9 nitrogen and oxygen atoms in total. The Kier molecular flexibility index (Phi) is 3.54. The van der Waals surface area contributed by atoms with Crippen molar-refractivity contribution in [2.45, 2.75) is 12.5 Å². The topological polar surface area (TPSA) is 110 Å². The minimum atomic E-state index is 0.110. The molecule has 3 N–H and O–H groups in total. The van der Waals surface area contributed by atoms with E-state index in [0.717, 1.165) is 25.3 Å². The van der Waals surface area contributed by atoms with Gasteiger partial charge in [-0.05, 0) is 24.6 Å². The molecule has 1 fully saturated rings. The fourth-order valence-corrected chi connectivity index (χ4v) is 3.37. The first-order chi connectivity index (χ1) is 13.2. The van der Waals surface area contributed by atoms with Gasteiger partial charge >= 0.3 is 0 Å². The van der Waals surface area contributed by atoms with Crippen LogP contribution in [0.2, 0.25) is 0 Å². The van der Waals surface area contributed by atoms with Gasteiger partial charge in [-0.25, -0.2) is 4.98 Å². The van der Waals surface area contributed by atoms with E-state index in [0.29, 0.717) is 22.7 Å². The van der Waals surface area contributed by atoms with Crippen molar-refractivity contribution in [1.29, 1.82) is 0 Å². The number of fused-ring (bicyclic) bond motifs is 1. The molecule has 0 aliphatic carbocycles. The van der Waals surface area contributed by atoms with Gasteiger partial charge in [-0.3, -0.25) is 4.40 Å². The summed E-state index contributed by atoms with van der Waals surface area (Å²) in [5.41, 5.74) is 7.94. The molecule has 1 aliphatic heterocycles. The molecule has 4 heterocycles. The summed E-state index contributed by atoms with van der Waals surface area (Å²) in [6.45, 7) is 1.71. The first-order valence-electron chi connectivity index (χ1n) is 8.74. The fraction of sp³-hybridized carbons (Fsp3) is 0.222. The van der Waals surface area contributed by atoms with Gasteiger partial charge < -0.3 is 15.7 Å². The Morgan fingerprint density at radius 1 is 1.11 bits per heavy atom. The number of phenolic OH excluding ortho intramolecular Hbond substituents is 1. The van der Waals surface area contributed by atoms with Crippen molar-refractivity contribution in [1.82, 2.24) is 29.4 Å². The molecule has 1 saturated heterocycles. The molecule has 0 amide bonds. The highest BCUT2D eigenvalue weighted by atomic mass is 16.3. The molecule has 0 unspecified atom stereocenters. The standard InChI is InChI=1S/C18H18N8O/c19-12-3-7-24(10-12)17-4-8-25-11-15(22-18(25)23-17)14-2-1-13(9-16(14)27)26-20-5-6-21-26/h1-2,4-6,8-9,11-12,27H,3,7,10,19H2/t12-/m0/s1. The number of benzene rings is 1. The fourth-order valence-electron chi connectivity index (χ4n) is 3.37.